The molecule has 5 nitrogen and oxygen atoms in total. The zero-order valence-corrected chi connectivity index (χ0v) is 14.9. The van der Waals surface area contributed by atoms with E-state index in [2.05, 4.69) is 15.6 Å². The highest BCUT2D eigenvalue weighted by atomic mass is 127. The molecule has 2 N–H and O–H groups in total. The topological polar surface area (TPSA) is 54.9 Å². The van der Waals surface area contributed by atoms with Crippen molar-refractivity contribution in [2.45, 2.75) is 13.0 Å². The van der Waals surface area contributed by atoms with Gasteiger partial charge in [0, 0.05) is 26.3 Å². The highest BCUT2D eigenvalue weighted by Crippen LogP contribution is 2.11. The number of hydrogen-bond acceptors (Lipinski definition) is 3. The summed E-state index contributed by atoms with van der Waals surface area (Å²) in [5.74, 6) is 0.890. The van der Waals surface area contributed by atoms with Gasteiger partial charge < -0.3 is 20.1 Å². The van der Waals surface area contributed by atoms with Crippen molar-refractivity contribution in [3.8, 4) is 5.75 Å². The van der Waals surface area contributed by atoms with E-state index in [-0.39, 0.29) is 35.8 Å². The Hall–Kier alpha value is -1.09. The molecule has 1 aromatic rings. The SMILES string of the molecule is CN=C(NCCOc1cccc(F)c1)NC(C)COC.I. The number of rotatable bonds is 7. The summed E-state index contributed by atoms with van der Waals surface area (Å²) in [6, 6.07) is 6.24. The van der Waals surface area contributed by atoms with Crippen molar-refractivity contribution in [1.29, 1.82) is 0 Å². The summed E-state index contributed by atoms with van der Waals surface area (Å²) in [6.45, 7) is 3.58. The summed E-state index contributed by atoms with van der Waals surface area (Å²) in [5.41, 5.74) is 0. The Morgan fingerprint density at radius 3 is 2.81 bits per heavy atom. The van der Waals surface area contributed by atoms with Crippen molar-refractivity contribution in [2.24, 2.45) is 4.99 Å². The largest absolute Gasteiger partial charge is 0.492 e. The third-order valence-corrected chi connectivity index (χ3v) is 2.48. The van der Waals surface area contributed by atoms with Gasteiger partial charge in [0.05, 0.1) is 13.2 Å². The minimum absolute atomic E-state index is 0. The highest BCUT2D eigenvalue weighted by Gasteiger charge is 2.04. The van der Waals surface area contributed by atoms with Gasteiger partial charge in [-0.25, -0.2) is 4.39 Å². The van der Waals surface area contributed by atoms with Crippen LogP contribution in [0.1, 0.15) is 6.92 Å². The van der Waals surface area contributed by atoms with Crippen molar-refractivity contribution >= 4 is 29.9 Å². The van der Waals surface area contributed by atoms with E-state index in [0.717, 1.165) is 0 Å². The molecule has 0 saturated carbocycles. The minimum atomic E-state index is -0.304. The summed E-state index contributed by atoms with van der Waals surface area (Å²) in [7, 11) is 3.35. The van der Waals surface area contributed by atoms with Crippen LogP contribution in [0.25, 0.3) is 0 Å². The first-order chi connectivity index (χ1) is 9.65. The van der Waals surface area contributed by atoms with Gasteiger partial charge in [0.2, 0.25) is 0 Å². The number of hydrogen-bond donors (Lipinski definition) is 2. The molecule has 1 rings (SSSR count). The van der Waals surface area contributed by atoms with E-state index in [9.17, 15) is 4.39 Å². The molecule has 1 aromatic carbocycles. The molecule has 1 unspecified atom stereocenters. The predicted octanol–water partition coefficient (Wildman–Crippen LogP) is 2.02. The minimum Gasteiger partial charge on any atom is -0.492 e. The molecule has 120 valence electrons. The molecule has 0 aliphatic heterocycles. The normalized spacial score (nSPS) is 12.3. The lowest BCUT2D eigenvalue weighted by Crippen LogP contribution is -2.45. The van der Waals surface area contributed by atoms with Crippen molar-refractivity contribution in [2.75, 3.05) is 33.9 Å². The zero-order chi connectivity index (χ0) is 14.8. The number of ether oxygens (including phenoxy) is 2. The van der Waals surface area contributed by atoms with E-state index >= 15 is 0 Å². The van der Waals surface area contributed by atoms with Gasteiger partial charge in [0.15, 0.2) is 5.96 Å². The first kappa shape index (κ1) is 19.9. The third-order valence-electron chi connectivity index (χ3n) is 2.48. The molecule has 1 atom stereocenters. The number of benzene rings is 1. The molecule has 0 aliphatic carbocycles. The van der Waals surface area contributed by atoms with Crippen molar-refractivity contribution in [1.82, 2.24) is 10.6 Å². The van der Waals surface area contributed by atoms with E-state index in [1.165, 1.54) is 12.1 Å². The molecule has 0 radical (unpaired) electrons. The monoisotopic (exact) mass is 411 g/mol. The second-order valence-corrected chi connectivity index (χ2v) is 4.31. The average Bonchev–Trinajstić information content (AvgIpc) is 2.42. The maximum atomic E-state index is 12.9. The number of nitrogens with one attached hydrogen (secondary N) is 2. The van der Waals surface area contributed by atoms with Crippen LogP contribution in [-0.4, -0.2) is 45.9 Å². The average molecular weight is 411 g/mol. The molecule has 7 heteroatoms. The second kappa shape index (κ2) is 11.6. The Labute approximate surface area is 142 Å². The lowest BCUT2D eigenvalue weighted by Gasteiger charge is -2.17. The Morgan fingerprint density at radius 2 is 2.19 bits per heavy atom. The number of halogens is 2. The zero-order valence-electron chi connectivity index (χ0n) is 12.6. The number of guanidine groups is 1. The van der Waals surface area contributed by atoms with Crippen LogP contribution in [0.4, 0.5) is 4.39 Å². The van der Waals surface area contributed by atoms with Gasteiger partial charge >= 0.3 is 0 Å². The summed E-state index contributed by atoms with van der Waals surface area (Å²) >= 11 is 0. The number of aliphatic imine (C=N–C) groups is 1. The van der Waals surface area contributed by atoms with Gasteiger partial charge in [-0.1, -0.05) is 6.07 Å². The van der Waals surface area contributed by atoms with Crippen LogP contribution in [0, 0.1) is 5.82 Å². The smallest absolute Gasteiger partial charge is 0.191 e. The van der Waals surface area contributed by atoms with Gasteiger partial charge in [0.1, 0.15) is 18.2 Å². The van der Waals surface area contributed by atoms with Gasteiger partial charge in [-0.05, 0) is 19.1 Å². The Morgan fingerprint density at radius 1 is 1.43 bits per heavy atom. The lowest BCUT2D eigenvalue weighted by atomic mass is 10.3. The molecule has 0 aliphatic rings. The second-order valence-electron chi connectivity index (χ2n) is 4.31. The summed E-state index contributed by atoms with van der Waals surface area (Å²) in [4.78, 5) is 4.09. The van der Waals surface area contributed by atoms with Crippen molar-refractivity contribution in [3.63, 3.8) is 0 Å². The van der Waals surface area contributed by atoms with Crippen molar-refractivity contribution < 1.29 is 13.9 Å². The van der Waals surface area contributed by atoms with Gasteiger partial charge in [-0.15, -0.1) is 24.0 Å². The molecule has 0 bridgehead atoms. The van der Waals surface area contributed by atoms with E-state index in [1.807, 2.05) is 6.92 Å². The summed E-state index contributed by atoms with van der Waals surface area (Å²) < 4.78 is 23.4. The number of nitrogens with zero attached hydrogens (tertiary/aromatic N) is 1. The molecule has 21 heavy (non-hydrogen) atoms. The predicted molar refractivity (Wildman–Crippen MR) is 93.1 cm³/mol. The molecule has 0 amide bonds. The maximum absolute atomic E-state index is 12.9. The summed E-state index contributed by atoms with van der Waals surface area (Å²) in [6.07, 6.45) is 0. The van der Waals surface area contributed by atoms with E-state index in [0.29, 0.717) is 31.5 Å². The Kier molecular flexibility index (Phi) is 11.0. The molecule has 0 saturated heterocycles. The fourth-order valence-corrected chi connectivity index (χ4v) is 1.61. The van der Waals surface area contributed by atoms with Crippen LogP contribution >= 0.6 is 24.0 Å². The van der Waals surface area contributed by atoms with Gasteiger partial charge in [0.25, 0.3) is 0 Å². The molecule has 0 spiro atoms. The first-order valence-corrected chi connectivity index (χ1v) is 6.50. The van der Waals surface area contributed by atoms with Crippen LogP contribution in [0.5, 0.6) is 5.75 Å². The van der Waals surface area contributed by atoms with Crippen molar-refractivity contribution in [3.05, 3.63) is 30.1 Å². The first-order valence-electron chi connectivity index (χ1n) is 6.50. The van der Waals surface area contributed by atoms with E-state index in [1.54, 1.807) is 26.3 Å². The highest BCUT2D eigenvalue weighted by molar-refractivity contribution is 14.0. The van der Waals surface area contributed by atoms with Crippen LogP contribution in [-0.2, 0) is 4.74 Å². The fraction of sp³-hybridized carbons (Fsp3) is 0.500. The third kappa shape index (κ3) is 8.71. The van der Waals surface area contributed by atoms with E-state index in [4.69, 9.17) is 9.47 Å². The molecular weight excluding hydrogens is 388 g/mol. The molecule has 0 aromatic heterocycles. The number of methoxy groups -OCH3 is 1. The molecule has 0 fully saturated rings. The van der Waals surface area contributed by atoms with Crippen LogP contribution in [0.15, 0.2) is 29.3 Å². The van der Waals surface area contributed by atoms with E-state index < -0.39 is 0 Å². The summed E-state index contributed by atoms with van der Waals surface area (Å²) in [5, 5.41) is 6.28. The Balaban J connectivity index is 0.00000400. The van der Waals surface area contributed by atoms with Gasteiger partial charge in [-0.3, -0.25) is 4.99 Å². The van der Waals surface area contributed by atoms with Crippen LogP contribution < -0.4 is 15.4 Å². The fourth-order valence-electron chi connectivity index (χ4n) is 1.61. The van der Waals surface area contributed by atoms with Crippen LogP contribution in [0.2, 0.25) is 0 Å². The maximum Gasteiger partial charge on any atom is 0.191 e. The Bertz CT molecular complexity index is 432. The molecular formula is C14H23FIN3O2. The van der Waals surface area contributed by atoms with Crippen LogP contribution in [0.3, 0.4) is 0 Å². The van der Waals surface area contributed by atoms with Gasteiger partial charge in [-0.2, -0.15) is 0 Å². The molecule has 0 heterocycles. The quantitative estimate of drug-likeness (QED) is 0.312. The standard InChI is InChI=1S/C14H22FN3O2.HI/c1-11(10-19-3)18-14(16-2)17-7-8-20-13-6-4-5-12(15)9-13;/h4-6,9,11H,7-8,10H2,1-3H3,(H2,16,17,18);1H. The lowest BCUT2D eigenvalue weighted by molar-refractivity contribution is 0.179.